The summed E-state index contributed by atoms with van der Waals surface area (Å²) in [5.74, 6) is 1.09. The number of nitrogens with zero attached hydrogens (tertiary/aromatic N) is 1. The number of methoxy groups -OCH3 is 1. The largest absolute Gasteiger partial charge is 0.508 e. The van der Waals surface area contributed by atoms with Gasteiger partial charge < -0.3 is 15.2 Å². The fourth-order valence-electron chi connectivity index (χ4n) is 3.26. The number of aromatic hydroxyl groups is 1. The van der Waals surface area contributed by atoms with Crippen LogP contribution in [0.5, 0.6) is 11.5 Å². The maximum Gasteiger partial charge on any atom is 0.237 e. The molecule has 0 saturated heterocycles. The van der Waals surface area contributed by atoms with E-state index in [1.165, 1.54) is 5.57 Å². The molecule has 5 heteroatoms. The predicted octanol–water partition coefficient (Wildman–Crippen LogP) is 3.19. The zero-order valence-corrected chi connectivity index (χ0v) is 15.8. The molecule has 142 valence electrons. The molecule has 2 aromatic carbocycles. The summed E-state index contributed by atoms with van der Waals surface area (Å²) in [5, 5.41) is 12.4. The van der Waals surface area contributed by atoms with Gasteiger partial charge in [-0.1, -0.05) is 30.3 Å². The van der Waals surface area contributed by atoms with E-state index in [0.717, 1.165) is 36.4 Å². The van der Waals surface area contributed by atoms with Gasteiger partial charge in [0.25, 0.3) is 0 Å². The second kappa shape index (κ2) is 8.73. The van der Waals surface area contributed by atoms with Crippen molar-refractivity contribution in [1.29, 1.82) is 0 Å². The Labute approximate surface area is 160 Å². The Morgan fingerprint density at radius 2 is 2.04 bits per heavy atom. The van der Waals surface area contributed by atoms with Crippen molar-refractivity contribution in [3.63, 3.8) is 0 Å². The van der Waals surface area contributed by atoms with E-state index in [1.54, 1.807) is 19.2 Å². The third-order valence-electron chi connectivity index (χ3n) is 5.01. The monoisotopic (exact) mass is 366 g/mol. The van der Waals surface area contributed by atoms with Gasteiger partial charge in [-0.2, -0.15) is 0 Å². The normalized spacial score (nSPS) is 15.7. The Kier molecular flexibility index (Phi) is 6.14. The first kappa shape index (κ1) is 19.0. The molecule has 1 aliphatic rings. The minimum absolute atomic E-state index is 0.0271. The van der Waals surface area contributed by atoms with E-state index in [2.05, 4.69) is 16.3 Å². The Morgan fingerprint density at radius 3 is 2.70 bits per heavy atom. The van der Waals surface area contributed by atoms with Gasteiger partial charge in [0.05, 0.1) is 13.2 Å². The first-order valence-electron chi connectivity index (χ1n) is 9.20. The molecular formula is C22H26N2O3. The SMILES string of the molecule is COc1cccc(CNC(=O)C(C)N2CC=C(c3ccc(O)cc3)CC2)c1. The summed E-state index contributed by atoms with van der Waals surface area (Å²) < 4.78 is 5.22. The second-order valence-corrected chi connectivity index (χ2v) is 6.77. The third kappa shape index (κ3) is 4.89. The van der Waals surface area contributed by atoms with Crippen LogP contribution in [0.2, 0.25) is 0 Å². The van der Waals surface area contributed by atoms with Crippen LogP contribution in [-0.2, 0) is 11.3 Å². The molecule has 2 N–H and O–H groups in total. The molecule has 5 nitrogen and oxygen atoms in total. The van der Waals surface area contributed by atoms with Gasteiger partial charge in [-0.3, -0.25) is 9.69 Å². The minimum Gasteiger partial charge on any atom is -0.508 e. The summed E-state index contributed by atoms with van der Waals surface area (Å²) in [6.07, 6.45) is 3.06. The van der Waals surface area contributed by atoms with E-state index >= 15 is 0 Å². The zero-order valence-electron chi connectivity index (χ0n) is 15.8. The molecule has 0 bridgehead atoms. The van der Waals surface area contributed by atoms with E-state index in [9.17, 15) is 9.90 Å². The molecule has 0 aliphatic carbocycles. The summed E-state index contributed by atoms with van der Waals surface area (Å²) >= 11 is 0. The van der Waals surface area contributed by atoms with Crippen molar-refractivity contribution in [1.82, 2.24) is 10.2 Å². The lowest BCUT2D eigenvalue weighted by atomic mass is 9.98. The number of benzene rings is 2. The number of ether oxygens (including phenoxy) is 1. The highest BCUT2D eigenvalue weighted by molar-refractivity contribution is 5.81. The molecule has 1 aliphatic heterocycles. The molecule has 1 unspecified atom stereocenters. The molecule has 0 radical (unpaired) electrons. The summed E-state index contributed by atoms with van der Waals surface area (Å²) in [4.78, 5) is 14.7. The van der Waals surface area contributed by atoms with Crippen LogP contribution >= 0.6 is 0 Å². The number of carbonyl (C=O) groups is 1. The number of rotatable bonds is 6. The topological polar surface area (TPSA) is 61.8 Å². The van der Waals surface area contributed by atoms with Crippen molar-refractivity contribution >= 4 is 11.5 Å². The molecule has 0 saturated carbocycles. The number of nitrogens with one attached hydrogen (secondary N) is 1. The van der Waals surface area contributed by atoms with Gasteiger partial charge in [0.2, 0.25) is 5.91 Å². The lowest BCUT2D eigenvalue weighted by molar-refractivity contribution is -0.125. The van der Waals surface area contributed by atoms with Crippen molar-refractivity contribution < 1.29 is 14.6 Å². The number of phenolic OH excluding ortho intramolecular Hbond substituents is 1. The number of phenols is 1. The van der Waals surface area contributed by atoms with Crippen molar-refractivity contribution in [3.05, 3.63) is 65.7 Å². The molecule has 1 atom stereocenters. The Hall–Kier alpha value is -2.79. The standard InChI is InChI=1S/C22H26N2O3/c1-16(22(26)23-15-17-4-3-5-21(14-17)27-2)24-12-10-19(11-13-24)18-6-8-20(25)9-7-18/h3-10,14,16,25H,11-13,15H2,1-2H3,(H,23,26). The maximum atomic E-state index is 12.5. The lowest BCUT2D eigenvalue weighted by Crippen LogP contribution is -2.46. The van der Waals surface area contributed by atoms with Crippen LogP contribution < -0.4 is 10.1 Å². The second-order valence-electron chi connectivity index (χ2n) is 6.77. The molecule has 0 aromatic heterocycles. The lowest BCUT2D eigenvalue weighted by Gasteiger charge is -2.31. The maximum absolute atomic E-state index is 12.5. The third-order valence-corrected chi connectivity index (χ3v) is 5.01. The first-order chi connectivity index (χ1) is 13.1. The summed E-state index contributed by atoms with van der Waals surface area (Å²) in [6.45, 7) is 4.01. The van der Waals surface area contributed by atoms with E-state index in [0.29, 0.717) is 6.54 Å². The van der Waals surface area contributed by atoms with Crippen LogP contribution in [-0.4, -0.2) is 42.2 Å². The molecule has 3 rings (SSSR count). The van der Waals surface area contributed by atoms with Crippen LogP contribution in [0.3, 0.4) is 0 Å². The quantitative estimate of drug-likeness (QED) is 0.824. The highest BCUT2D eigenvalue weighted by Gasteiger charge is 2.23. The number of carbonyl (C=O) groups excluding carboxylic acids is 1. The van der Waals surface area contributed by atoms with Gasteiger partial charge >= 0.3 is 0 Å². The smallest absolute Gasteiger partial charge is 0.237 e. The van der Waals surface area contributed by atoms with Gasteiger partial charge in [-0.05, 0) is 54.3 Å². The highest BCUT2D eigenvalue weighted by atomic mass is 16.5. The molecule has 0 fully saturated rings. The molecule has 2 aromatic rings. The van der Waals surface area contributed by atoms with Crippen molar-refractivity contribution in [3.8, 4) is 11.5 Å². The summed E-state index contributed by atoms with van der Waals surface area (Å²) in [6, 6.07) is 14.8. The number of hydrogen-bond acceptors (Lipinski definition) is 4. The van der Waals surface area contributed by atoms with Crippen molar-refractivity contribution in [2.24, 2.45) is 0 Å². The average Bonchev–Trinajstić information content (AvgIpc) is 2.72. The molecule has 0 spiro atoms. The molecule has 27 heavy (non-hydrogen) atoms. The van der Waals surface area contributed by atoms with Crippen LogP contribution in [0.15, 0.2) is 54.6 Å². The number of hydrogen-bond donors (Lipinski definition) is 2. The molecule has 1 heterocycles. The Morgan fingerprint density at radius 1 is 1.26 bits per heavy atom. The first-order valence-corrected chi connectivity index (χ1v) is 9.20. The van der Waals surface area contributed by atoms with E-state index < -0.39 is 0 Å². The summed E-state index contributed by atoms with van der Waals surface area (Å²) in [5.41, 5.74) is 3.40. The Balaban J connectivity index is 1.54. The number of amides is 1. The molecule has 1 amide bonds. The van der Waals surface area contributed by atoms with Gasteiger partial charge in [0, 0.05) is 19.6 Å². The highest BCUT2D eigenvalue weighted by Crippen LogP contribution is 2.24. The minimum atomic E-state index is -0.187. The van der Waals surface area contributed by atoms with Crippen molar-refractivity contribution in [2.75, 3.05) is 20.2 Å². The van der Waals surface area contributed by atoms with Crippen LogP contribution in [0.1, 0.15) is 24.5 Å². The van der Waals surface area contributed by atoms with E-state index in [-0.39, 0.29) is 17.7 Å². The van der Waals surface area contributed by atoms with E-state index in [4.69, 9.17) is 4.74 Å². The van der Waals surface area contributed by atoms with Gasteiger partial charge in [0.1, 0.15) is 11.5 Å². The van der Waals surface area contributed by atoms with E-state index in [1.807, 2.05) is 43.3 Å². The van der Waals surface area contributed by atoms with Gasteiger partial charge in [0.15, 0.2) is 0 Å². The van der Waals surface area contributed by atoms with Crippen molar-refractivity contribution in [2.45, 2.75) is 25.9 Å². The average molecular weight is 366 g/mol. The fourth-order valence-corrected chi connectivity index (χ4v) is 3.26. The fraction of sp³-hybridized carbons (Fsp3) is 0.318. The van der Waals surface area contributed by atoms with Gasteiger partial charge in [-0.15, -0.1) is 0 Å². The molecular weight excluding hydrogens is 340 g/mol. The predicted molar refractivity (Wildman–Crippen MR) is 107 cm³/mol. The summed E-state index contributed by atoms with van der Waals surface area (Å²) in [7, 11) is 1.63. The van der Waals surface area contributed by atoms with Gasteiger partial charge in [-0.25, -0.2) is 0 Å². The zero-order chi connectivity index (χ0) is 19.2. The van der Waals surface area contributed by atoms with Crippen LogP contribution in [0.25, 0.3) is 5.57 Å². The Bertz CT molecular complexity index is 815. The van der Waals surface area contributed by atoms with Crippen LogP contribution in [0, 0.1) is 0 Å². The van der Waals surface area contributed by atoms with Crippen LogP contribution in [0.4, 0.5) is 0 Å².